The summed E-state index contributed by atoms with van der Waals surface area (Å²) in [6, 6.07) is 9.79. The average molecular weight is 323 g/mol. The van der Waals surface area contributed by atoms with E-state index in [2.05, 4.69) is 13.8 Å². The van der Waals surface area contributed by atoms with Crippen LogP contribution in [0.4, 0.5) is 0 Å². The second-order valence-electron chi connectivity index (χ2n) is 5.55. The van der Waals surface area contributed by atoms with Gasteiger partial charge in [0.2, 0.25) is 0 Å². The minimum Gasteiger partial charge on any atom is -0.391 e. The van der Waals surface area contributed by atoms with E-state index in [1.54, 1.807) is 0 Å². The van der Waals surface area contributed by atoms with E-state index < -0.39 is 6.10 Å². The van der Waals surface area contributed by atoms with Crippen LogP contribution in [0, 0.1) is 5.92 Å². The molecule has 1 aromatic carbocycles. The van der Waals surface area contributed by atoms with Crippen molar-refractivity contribution in [2.24, 2.45) is 17.4 Å². The Morgan fingerprint density at radius 1 is 1.00 bits per heavy atom. The van der Waals surface area contributed by atoms with E-state index in [9.17, 15) is 5.11 Å². The largest absolute Gasteiger partial charge is 0.391 e. The number of rotatable bonds is 7. The minimum atomic E-state index is -0.529. The molecule has 5 N–H and O–H groups in total. The van der Waals surface area contributed by atoms with Crippen LogP contribution >= 0.6 is 24.8 Å². The molecule has 0 aromatic heterocycles. The topological polar surface area (TPSA) is 72.3 Å². The highest BCUT2D eigenvalue weighted by molar-refractivity contribution is 5.85. The Balaban J connectivity index is 0. The Kier molecular flexibility index (Phi) is 12.5. The van der Waals surface area contributed by atoms with Crippen molar-refractivity contribution in [2.75, 3.05) is 0 Å². The van der Waals surface area contributed by atoms with E-state index in [4.69, 9.17) is 11.5 Å². The van der Waals surface area contributed by atoms with Crippen molar-refractivity contribution < 1.29 is 5.11 Å². The lowest BCUT2D eigenvalue weighted by atomic mass is 9.94. The van der Waals surface area contributed by atoms with Crippen LogP contribution in [0.15, 0.2) is 30.3 Å². The molecule has 0 fully saturated rings. The SMILES string of the molecule is CC(C)C[C@H](N)C[C@H](O)[C@@H](N)Cc1ccccc1.Cl.Cl. The third-order valence-electron chi connectivity index (χ3n) is 3.13. The van der Waals surface area contributed by atoms with Crippen LogP contribution in [-0.2, 0) is 6.42 Å². The summed E-state index contributed by atoms with van der Waals surface area (Å²) in [5, 5.41) is 10.1. The Morgan fingerprint density at radius 2 is 1.55 bits per heavy atom. The summed E-state index contributed by atoms with van der Waals surface area (Å²) in [5.74, 6) is 0.553. The van der Waals surface area contributed by atoms with Crippen molar-refractivity contribution in [1.82, 2.24) is 0 Å². The van der Waals surface area contributed by atoms with E-state index in [1.807, 2.05) is 30.3 Å². The Bertz CT molecular complexity index is 336. The van der Waals surface area contributed by atoms with Gasteiger partial charge in [-0.3, -0.25) is 0 Å². The summed E-state index contributed by atoms with van der Waals surface area (Å²) >= 11 is 0. The second kappa shape index (κ2) is 11.4. The first-order valence-electron chi connectivity index (χ1n) is 6.72. The Morgan fingerprint density at radius 3 is 2.05 bits per heavy atom. The minimum absolute atomic E-state index is 0. The van der Waals surface area contributed by atoms with Crippen LogP contribution in [0.25, 0.3) is 0 Å². The molecule has 0 saturated carbocycles. The van der Waals surface area contributed by atoms with E-state index in [0.29, 0.717) is 18.8 Å². The molecule has 3 nitrogen and oxygen atoms in total. The van der Waals surface area contributed by atoms with Crippen molar-refractivity contribution in [1.29, 1.82) is 0 Å². The fourth-order valence-electron chi connectivity index (χ4n) is 2.21. The van der Waals surface area contributed by atoms with Crippen molar-refractivity contribution in [3.05, 3.63) is 35.9 Å². The number of benzene rings is 1. The molecule has 0 spiro atoms. The number of aliphatic hydroxyl groups excluding tert-OH is 1. The van der Waals surface area contributed by atoms with Crippen molar-refractivity contribution in [3.8, 4) is 0 Å². The van der Waals surface area contributed by atoms with Gasteiger partial charge in [0.05, 0.1) is 6.10 Å². The standard InChI is InChI=1S/C15H26N2O.2ClH/c1-11(2)8-13(16)10-15(18)14(17)9-12-6-4-3-5-7-12;;/h3-7,11,13-15,18H,8-10,16-17H2,1-2H3;2*1H/t13-,14-,15-;;/m0../s1. The molecule has 0 aliphatic rings. The van der Waals surface area contributed by atoms with Gasteiger partial charge in [-0.1, -0.05) is 44.2 Å². The molecule has 20 heavy (non-hydrogen) atoms. The van der Waals surface area contributed by atoms with Gasteiger partial charge in [0.25, 0.3) is 0 Å². The predicted molar refractivity (Wildman–Crippen MR) is 90.7 cm³/mol. The number of aliphatic hydroxyl groups is 1. The molecule has 118 valence electrons. The summed E-state index contributed by atoms with van der Waals surface area (Å²) in [7, 11) is 0. The van der Waals surface area contributed by atoms with Crippen LogP contribution in [0.5, 0.6) is 0 Å². The first-order valence-corrected chi connectivity index (χ1v) is 6.72. The Hall–Kier alpha value is -0.320. The molecule has 0 saturated heterocycles. The second-order valence-corrected chi connectivity index (χ2v) is 5.55. The quantitative estimate of drug-likeness (QED) is 0.722. The summed E-state index contributed by atoms with van der Waals surface area (Å²) in [5.41, 5.74) is 13.2. The van der Waals surface area contributed by atoms with Crippen molar-refractivity contribution >= 4 is 24.8 Å². The molecular formula is C15H28Cl2N2O. The zero-order valence-corrected chi connectivity index (χ0v) is 13.9. The molecular weight excluding hydrogens is 295 g/mol. The van der Waals surface area contributed by atoms with Gasteiger partial charge >= 0.3 is 0 Å². The van der Waals surface area contributed by atoms with Crippen LogP contribution < -0.4 is 11.5 Å². The normalized spacial score (nSPS) is 14.9. The summed E-state index contributed by atoms with van der Waals surface area (Å²) in [6.45, 7) is 4.27. The van der Waals surface area contributed by atoms with E-state index in [1.165, 1.54) is 0 Å². The molecule has 0 bridgehead atoms. The third-order valence-corrected chi connectivity index (χ3v) is 3.13. The monoisotopic (exact) mass is 322 g/mol. The van der Waals surface area contributed by atoms with E-state index >= 15 is 0 Å². The van der Waals surface area contributed by atoms with Crippen molar-refractivity contribution in [3.63, 3.8) is 0 Å². The number of halogens is 2. The molecule has 3 atom stereocenters. The molecule has 0 radical (unpaired) electrons. The summed E-state index contributed by atoms with van der Waals surface area (Å²) in [4.78, 5) is 0. The van der Waals surface area contributed by atoms with Crippen LogP contribution in [0.1, 0.15) is 32.3 Å². The lowest BCUT2D eigenvalue weighted by molar-refractivity contribution is 0.123. The van der Waals surface area contributed by atoms with Gasteiger partial charge in [0.15, 0.2) is 0 Å². The van der Waals surface area contributed by atoms with Crippen LogP contribution in [0.2, 0.25) is 0 Å². The highest BCUT2D eigenvalue weighted by Gasteiger charge is 2.18. The number of hydrogen-bond acceptors (Lipinski definition) is 3. The molecule has 0 aliphatic carbocycles. The number of nitrogens with two attached hydrogens (primary N) is 2. The molecule has 5 heteroatoms. The molecule has 0 amide bonds. The summed E-state index contributed by atoms with van der Waals surface area (Å²) in [6.07, 6.45) is 1.66. The lowest BCUT2D eigenvalue weighted by Crippen LogP contribution is -2.41. The average Bonchev–Trinajstić information content (AvgIpc) is 2.28. The number of hydrogen-bond donors (Lipinski definition) is 3. The maximum absolute atomic E-state index is 10.1. The zero-order chi connectivity index (χ0) is 13.5. The predicted octanol–water partition coefficient (Wildman–Crippen LogP) is 2.52. The van der Waals surface area contributed by atoms with Crippen molar-refractivity contribution in [2.45, 2.75) is 51.3 Å². The van der Waals surface area contributed by atoms with Gasteiger partial charge in [-0.05, 0) is 30.7 Å². The highest BCUT2D eigenvalue weighted by atomic mass is 35.5. The lowest BCUT2D eigenvalue weighted by Gasteiger charge is -2.23. The fraction of sp³-hybridized carbons (Fsp3) is 0.600. The van der Waals surface area contributed by atoms with E-state index in [-0.39, 0.29) is 36.9 Å². The molecule has 0 heterocycles. The smallest absolute Gasteiger partial charge is 0.0709 e. The van der Waals surface area contributed by atoms with Gasteiger partial charge in [0.1, 0.15) is 0 Å². The van der Waals surface area contributed by atoms with Gasteiger partial charge in [0, 0.05) is 12.1 Å². The van der Waals surface area contributed by atoms with Gasteiger partial charge in [-0.15, -0.1) is 24.8 Å². The molecule has 1 rings (SSSR count). The molecule has 1 aromatic rings. The van der Waals surface area contributed by atoms with Crippen LogP contribution in [0.3, 0.4) is 0 Å². The zero-order valence-electron chi connectivity index (χ0n) is 12.2. The molecule has 0 unspecified atom stereocenters. The van der Waals surface area contributed by atoms with Gasteiger partial charge < -0.3 is 16.6 Å². The molecule has 0 aliphatic heterocycles. The maximum Gasteiger partial charge on any atom is 0.0709 e. The Labute approximate surface area is 134 Å². The fourth-order valence-corrected chi connectivity index (χ4v) is 2.21. The van der Waals surface area contributed by atoms with E-state index in [0.717, 1.165) is 12.0 Å². The first kappa shape index (κ1) is 22.0. The first-order chi connectivity index (χ1) is 8.49. The maximum atomic E-state index is 10.1. The summed E-state index contributed by atoms with van der Waals surface area (Å²) < 4.78 is 0. The highest BCUT2D eigenvalue weighted by Crippen LogP contribution is 2.12. The van der Waals surface area contributed by atoms with Gasteiger partial charge in [-0.2, -0.15) is 0 Å². The van der Waals surface area contributed by atoms with Gasteiger partial charge in [-0.25, -0.2) is 0 Å². The van der Waals surface area contributed by atoms with Crippen LogP contribution in [-0.4, -0.2) is 23.3 Å². The third kappa shape index (κ3) is 8.77.